The fourth-order valence-electron chi connectivity index (χ4n) is 2.20. The van der Waals surface area contributed by atoms with E-state index in [4.69, 9.17) is 5.11 Å². The first-order chi connectivity index (χ1) is 10.9. The van der Waals surface area contributed by atoms with E-state index in [1.807, 2.05) is 12.1 Å². The number of pyridine rings is 1. The Hall–Kier alpha value is -2.45. The number of carbonyl (C=O) groups is 1. The van der Waals surface area contributed by atoms with E-state index in [-0.39, 0.29) is 9.77 Å². The molecule has 0 saturated heterocycles. The molecule has 8 heteroatoms. The first-order valence-corrected chi connectivity index (χ1v) is 8.88. The lowest BCUT2D eigenvalue weighted by molar-refractivity contribution is 0.0702. The van der Waals surface area contributed by atoms with E-state index in [1.165, 1.54) is 12.4 Å². The standard InChI is InChI=1S/C15H12N2O4S2/c1-17(12-6-2-4-10-5-3-7-16-14(10)12)23(20,21)11-8-13(15(18)19)22-9-11/h2-9H,1H3,(H,18,19). The van der Waals surface area contributed by atoms with Crippen molar-refractivity contribution in [3.63, 3.8) is 0 Å². The zero-order valence-corrected chi connectivity index (χ0v) is 13.6. The topological polar surface area (TPSA) is 87.6 Å². The molecule has 6 nitrogen and oxygen atoms in total. The zero-order valence-electron chi connectivity index (χ0n) is 12.0. The van der Waals surface area contributed by atoms with Crippen LogP contribution in [0, 0.1) is 0 Å². The number of hydrogen-bond donors (Lipinski definition) is 1. The molecule has 1 aromatic carbocycles. The van der Waals surface area contributed by atoms with Crippen LogP contribution in [0.1, 0.15) is 9.67 Å². The minimum atomic E-state index is -3.86. The number of fused-ring (bicyclic) bond motifs is 1. The normalized spacial score (nSPS) is 11.5. The summed E-state index contributed by atoms with van der Waals surface area (Å²) in [5.74, 6) is -1.15. The third-order valence-electron chi connectivity index (χ3n) is 3.40. The van der Waals surface area contributed by atoms with Crippen molar-refractivity contribution in [3.8, 4) is 0 Å². The molecule has 0 unspecified atom stereocenters. The largest absolute Gasteiger partial charge is 0.477 e. The summed E-state index contributed by atoms with van der Waals surface area (Å²) in [6.07, 6.45) is 1.60. The number of anilines is 1. The summed E-state index contributed by atoms with van der Waals surface area (Å²) in [6.45, 7) is 0. The van der Waals surface area contributed by atoms with Crippen LogP contribution in [0.15, 0.2) is 52.9 Å². The molecule has 0 atom stereocenters. The third-order valence-corrected chi connectivity index (χ3v) is 6.21. The van der Waals surface area contributed by atoms with E-state index in [1.54, 1.807) is 24.4 Å². The average molecular weight is 348 g/mol. The molecule has 0 amide bonds. The number of sulfonamides is 1. The Morgan fingerprint density at radius 3 is 2.70 bits per heavy atom. The second-order valence-electron chi connectivity index (χ2n) is 4.78. The molecule has 0 spiro atoms. The number of benzene rings is 1. The van der Waals surface area contributed by atoms with E-state index in [9.17, 15) is 13.2 Å². The molecule has 1 N–H and O–H groups in total. The lowest BCUT2D eigenvalue weighted by Gasteiger charge is -2.19. The van der Waals surface area contributed by atoms with Crippen LogP contribution >= 0.6 is 11.3 Å². The molecule has 2 heterocycles. The maximum Gasteiger partial charge on any atom is 0.345 e. The predicted octanol–water partition coefficient (Wildman–Crippen LogP) is 2.82. The van der Waals surface area contributed by atoms with E-state index in [2.05, 4.69) is 4.98 Å². The number of nitrogens with zero attached hydrogens (tertiary/aromatic N) is 2. The predicted molar refractivity (Wildman–Crippen MR) is 88.6 cm³/mol. The van der Waals surface area contributed by atoms with Gasteiger partial charge in [0.1, 0.15) is 4.88 Å². The van der Waals surface area contributed by atoms with Gasteiger partial charge in [-0.1, -0.05) is 18.2 Å². The number of hydrogen-bond acceptors (Lipinski definition) is 5. The minimum Gasteiger partial charge on any atom is -0.477 e. The smallest absolute Gasteiger partial charge is 0.345 e. The summed E-state index contributed by atoms with van der Waals surface area (Å²) in [7, 11) is -2.43. The first-order valence-electron chi connectivity index (χ1n) is 6.56. The van der Waals surface area contributed by atoms with E-state index in [0.717, 1.165) is 27.1 Å². The second-order valence-corrected chi connectivity index (χ2v) is 7.66. The fourth-order valence-corrected chi connectivity index (χ4v) is 4.50. The van der Waals surface area contributed by atoms with Crippen molar-refractivity contribution < 1.29 is 18.3 Å². The summed E-state index contributed by atoms with van der Waals surface area (Å²) in [4.78, 5) is 15.1. The van der Waals surface area contributed by atoms with E-state index < -0.39 is 16.0 Å². The van der Waals surface area contributed by atoms with Crippen LogP contribution in [0.2, 0.25) is 0 Å². The summed E-state index contributed by atoms with van der Waals surface area (Å²) < 4.78 is 26.6. The van der Waals surface area contributed by atoms with Gasteiger partial charge in [0.2, 0.25) is 0 Å². The highest BCUT2D eigenvalue weighted by Gasteiger charge is 2.25. The van der Waals surface area contributed by atoms with Crippen LogP contribution in [0.4, 0.5) is 5.69 Å². The number of aromatic carboxylic acids is 1. The Morgan fingerprint density at radius 2 is 2.00 bits per heavy atom. The Bertz CT molecular complexity index is 990. The van der Waals surface area contributed by atoms with Gasteiger partial charge < -0.3 is 5.11 Å². The van der Waals surface area contributed by atoms with E-state index in [0.29, 0.717) is 11.2 Å². The van der Waals surface area contributed by atoms with Gasteiger partial charge in [0.25, 0.3) is 10.0 Å². The maximum atomic E-state index is 12.7. The molecule has 0 aliphatic carbocycles. The molecule has 0 saturated carbocycles. The van der Waals surface area contributed by atoms with Gasteiger partial charge in [-0.2, -0.15) is 0 Å². The van der Waals surface area contributed by atoms with Gasteiger partial charge in [-0.25, -0.2) is 13.2 Å². The van der Waals surface area contributed by atoms with Gasteiger partial charge in [-0.3, -0.25) is 9.29 Å². The quantitative estimate of drug-likeness (QED) is 0.783. The highest BCUT2D eigenvalue weighted by molar-refractivity contribution is 7.93. The molecular weight excluding hydrogens is 336 g/mol. The molecule has 0 fully saturated rings. The SMILES string of the molecule is CN(c1cccc2cccnc12)S(=O)(=O)c1csc(C(=O)O)c1. The molecule has 0 aliphatic heterocycles. The summed E-state index contributed by atoms with van der Waals surface area (Å²) in [5.41, 5.74) is 1.00. The number of aromatic nitrogens is 1. The van der Waals surface area contributed by atoms with Crippen molar-refractivity contribution in [3.05, 3.63) is 52.9 Å². The second kappa shape index (κ2) is 5.64. The fraction of sp³-hybridized carbons (Fsp3) is 0.0667. The van der Waals surface area contributed by atoms with Gasteiger partial charge in [-0.15, -0.1) is 11.3 Å². The number of para-hydroxylation sites is 1. The van der Waals surface area contributed by atoms with Crippen molar-refractivity contribution in [1.82, 2.24) is 4.98 Å². The van der Waals surface area contributed by atoms with Crippen LogP contribution < -0.4 is 4.31 Å². The van der Waals surface area contributed by atoms with Crippen molar-refractivity contribution in [2.75, 3.05) is 11.4 Å². The molecule has 0 aliphatic rings. The molecule has 3 rings (SSSR count). The lowest BCUT2D eigenvalue weighted by atomic mass is 10.2. The highest BCUT2D eigenvalue weighted by Crippen LogP contribution is 2.30. The monoisotopic (exact) mass is 348 g/mol. The molecule has 3 aromatic rings. The molecule has 23 heavy (non-hydrogen) atoms. The number of rotatable bonds is 4. The van der Waals surface area contributed by atoms with Gasteiger partial charge in [0, 0.05) is 24.0 Å². The Balaban J connectivity index is 2.10. The zero-order chi connectivity index (χ0) is 16.6. The molecule has 0 radical (unpaired) electrons. The van der Waals surface area contributed by atoms with Crippen LogP contribution in [0.3, 0.4) is 0 Å². The minimum absolute atomic E-state index is 0.0204. The lowest BCUT2D eigenvalue weighted by Crippen LogP contribution is -2.26. The van der Waals surface area contributed by atoms with Crippen molar-refractivity contribution in [1.29, 1.82) is 0 Å². The van der Waals surface area contributed by atoms with Crippen LogP contribution in [0.5, 0.6) is 0 Å². The number of thiophene rings is 1. The highest BCUT2D eigenvalue weighted by atomic mass is 32.2. The third kappa shape index (κ3) is 2.66. The Kier molecular flexibility index (Phi) is 3.78. The van der Waals surface area contributed by atoms with Crippen LogP contribution in [-0.4, -0.2) is 31.5 Å². The van der Waals surface area contributed by atoms with Gasteiger partial charge in [0.15, 0.2) is 0 Å². The van der Waals surface area contributed by atoms with Gasteiger partial charge in [-0.05, 0) is 18.2 Å². The summed E-state index contributed by atoms with van der Waals surface area (Å²) in [5, 5.41) is 11.1. The summed E-state index contributed by atoms with van der Waals surface area (Å²) >= 11 is 0.880. The first kappa shape index (κ1) is 15.4. The van der Waals surface area contributed by atoms with Crippen molar-refractivity contribution in [2.24, 2.45) is 0 Å². The Labute approximate surface area is 136 Å². The van der Waals surface area contributed by atoms with Crippen LogP contribution in [-0.2, 0) is 10.0 Å². The average Bonchev–Trinajstić information content (AvgIpc) is 3.04. The Morgan fingerprint density at radius 1 is 1.26 bits per heavy atom. The van der Waals surface area contributed by atoms with Crippen LogP contribution in [0.25, 0.3) is 10.9 Å². The number of carboxylic acid groups (broad SMARTS) is 1. The number of carboxylic acids is 1. The molecular formula is C15H12N2O4S2. The molecule has 0 bridgehead atoms. The van der Waals surface area contributed by atoms with Crippen molar-refractivity contribution in [2.45, 2.75) is 4.90 Å². The van der Waals surface area contributed by atoms with Gasteiger partial charge >= 0.3 is 5.97 Å². The molecule has 2 aromatic heterocycles. The molecule has 118 valence electrons. The maximum absolute atomic E-state index is 12.7. The van der Waals surface area contributed by atoms with Crippen molar-refractivity contribution >= 4 is 43.9 Å². The summed E-state index contributed by atoms with van der Waals surface area (Å²) in [6, 6.07) is 10.0. The van der Waals surface area contributed by atoms with E-state index >= 15 is 0 Å². The van der Waals surface area contributed by atoms with Gasteiger partial charge in [0.05, 0.1) is 16.1 Å².